The van der Waals surface area contributed by atoms with Crippen molar-refractivity contribution in [1.29, 1.82) is 0 Å². The molecule has 0 aliphatic heterocycles. The monoisotopic (exact) mass is 521 g/mol. The lowest BCUT2D eigenvalue weighted by Crippen LogP contribution is -2.57. The summed E-state index contributed by atoms with van der Waals surface area (Å²) in [5.41, 5.74) is 16.3. The zero-order valence-corrected chi connectivity index (χ0v) is 20.3. The summed E-state index contributed by atoms with van der Waals surface area (Å²) in [6, 6.07) is -5.15. The molecule has 4 atom stereocenters. The van der Waals surface area contributed by atoms with E-state index in [1.807, 2.05) is 6.26 Å². The molecular formula is C19H35N7O8S. The van der Waals surface area contributed by atoms with Crippen LogP contribution >= 0.6 is 11.8 Å². The van der Waals surface area contributed by atoms with E-state index in [1.54, 1.807) is 0 Å². The minimum Gasteiger partial charge on any atom is -0.481 e. The minimum absolute atomic E-state index is 0.0288. The van der Waals surface area contributed by atoms with Gasteiger partial charge in [-0.3, -0.25) is 24.2 Å². The Morgan fingerprint density at radius 3 is 1.91 bits per heavy atom. The Morgan fingerprint density at radius 1 is 0.886 bits per heavy atom. The summed E-state index contributed by atoms with van der Waals surface area (Å²) in [4.78, 5) is 63.8. The zero-order valence-electron chi connectivity index (χ0n) is 19.4. The van der Waals surface area contributed by atoms with Gasteiger partial charge in [-0.1, -0.05) is 0 Å². The van der Waals surface area contributed by atoms with Crippen molar-refractivity contribution in [3.05, 3.63) is 0 Å². The smallest absolute Gasteiger partial charge is 0.328 e. The summed E-state index contributed by atoms with van der Waals surface area (Å²) < 4.78 is 0. The molecule has 0 saturated carbocycles. The van der Waals surface area contributed by atoms with E-state index in [9.17, 15) is 24.0 Å². The van der Waals surface area contributed by atoms with E-state index in [4.69, 9.17) is 32.5 Å². The number of carbonyl (C=O) groups is 5. The van der Waals surface area contributed by atoms with Crippen LogP contribution in [0.25, 0.3) is 0 Å². The largest absolute Gasteiger partial charge is 0.481 e. The Bertz CT molecular complexity index is 763. The summed E-state index contributed by atoms with van der Waals surface area (Å²) >= 11 is 1.47. The number of thioether (sulfide) groups is 1. The standard InChI is InChI=1S/C19H35N7O8S/c1-35-8-6-10(20)15(30)24-12(4-5-14(28)29)17(32)25-11(3-2-7-23-19(21)22)16(31)26-13(9-27)18(33)34/h10-13,27H,2-9,20H2,1H3,(H,24,30)(H,25,32)(H,26,31)(H,28,29)(H,33,34)(H4,21,22,23). The van der Waals surface area contributed by atoms with Crippen LogP contribution in [-0.4, -0.2) is 100 Å². The van der Waals surface area contributed by atoms with Crippen molar-refractivity contribution in [1.82, 2.24) is 16.0 Å². The number of carbonyl (C=O) groups excluding carboxylic acids is 3. The van der Waals surface area contributed by atoms with Crippen LogP contribution in [0.4, 0.5) is 0 Å². The normalized spacial score (nSPS) is 14.0. The number of aliphatic hydroxyl groups is 1. The molecule has 0 aliphatic rings. The lowest BCUT2D eigenvalue weighted by atomic mass is 10.1. The number of hydrogen-bond donors (Lipinski definition) is 9. The van der Waals surface area contributed by atoms with Crippen LogP contribution in [0.5, 0.6) is 0 Å². The molecule has 15 nitrogen and oxygen atoms in total. The number of aliphatic carboxylic acids is 2. The van der Waals surface area contributed by atoms with Gasteiger partial charge in [-0.25, -0.2) is 4.79 Å². The lowest BCUT2D eigenvalue weighted by molar-refractivity contribution is -0.143. The second-order valence-electron chi connectivity index (χ2n) is 7.47. The van der Waals surface area contributed by atoms with Crippen LogP contribution in [0.3, 0.4) is 0 Å². The van der Waals surface area contributed by atoms with Crippen LogP contribution < -0.4 is 33.2 Å². The number of aliphatic hydroxyl groups excluding tert-OH is 1. The Labute approximate surface area is 206 Å². The van der Waals surface area contributed by atoms with E-state index in [2.05, 4.69) is 20.9 Å². The highest BCUT2D eigenvalue weighted by Gasteiger charge is 2.30. The van der Waals surface area contributed by atoms with Crippen LogP contribution in [0.15, 0.2) is 4.99 Å². The number of amides is 3. The molecule has 0 spiro atoms. The molecule has 16 heteroatoms. The number of guanidine groups is 1. The number of hydrogen-bond acceptors (Lipinski definition) is 9. The van der Waals surface area contributed by atoms with Crippen molar-refractivity contribution in [2.75, 3.05) is 25.2 Å². The molecule has 4 unspecified atom stereocenters. The average molecular weight is 522 g/mol. The third-order valence-electron chi connectivity index (χ3n) is 4.63. The van der Waals surface area contributed by atoms with E-state index in [-0.39, 0.29) is 31.8 Å². The summed E-state index contributed by atoms with van der Waals surface area (Å²) in [5, 5.41) is 34.1. The molecule has 0 fully saturated rings. The summed E-state index contributed by atoms with van der Waals surface area (Å²) in [7, 11) is 0. The van der Waals surface area contributed by atoms with E-state index in [1.165, 1.54) is 11.8 Å². The molecule has 0 heterocycles. The Morgan fingerprint density at radius 2 is 1.43 bits per heavy atom. The fourth-order valence-electron chi connectivity index (χ4n) is 2.69. The quantitative estimate of drug-likeness (QED) is 0.0483. The molecule has 0 aromatic heterocycles. The van der Waals surface area contributed by atoms with Gasteiger partial charge in [0.25, 0.3) is 0 Å². The van der Waals surface area contributed by atoms with Gasteiger partial charge >= 0.3 is 11.9 Å². The Balaban J connectivity index is 5.54. The first kappa shape index (κ1) is 31.9. The van der Waals surface area contributed by atoms with E-state index in [0.717, 1.165) is 0 Å². The van der Waals surface area contributed by atoms with E-state index < -0.39 is 66.9 Å². The zero-order chi connectivity index (χ0) is 27.0. The van der Waals surface area contributed by atoms with E-state index in [0.29, 0.717) is 12.2 Å². The fraction of sp³-hybridized carbons (Fsp3) is 0.684. The predicted molar refractivity (Wildman–Crippen MR) is 128 cm³/mol. The highest BCUT2D eigenvalue weighted by Crippen LogP contribution is 2.05. The van der Waals surface area contributed by atoms with Gasteiger partial charge < -0.3 is 48.5 Å². The molecule has 0 rings (SSSR count). The molecule has 3 amide bonds. The maximum absolute atomic E-state index is 12.9. The molecule has 35 heavy (non-hydrogen) atoms. The number of nitrogens with two attached hydrogens (primary N) is 3. The first-order chi connectivity index (χ1) is 16.4. The van der Waals surface area contributed by atoms with Gasteiger partial charge in [0.05, 0.1) is 12.6 Å². The Hall–Kier alpha value is -3.11. The van der Waals surface area contributed by atoms with Crippen LogP contribution in [0.1, 0.15) is 32.1 Å². The minimum atomic E-state index is -1.61. The van der Waals surface area contributed by atoms with Crippen molar-refractivity contribution in [3.63, 3.8) is 0 Å². The van der Waals surface area contributed by atoms with Crippen molar-refractivity contribution in [2.45, 2.75) is 56.3 Å². The molecule has 0 aliphatic carbocycles. The van der Waals surface area contributed by atoms with Gasteiger partial charge in [0.2, 0.25) is 17.7 Å². The molecule has 0 bridgehead atoms. The number of nitrogens with one attached hydrogen (secondary N) is 3. The first-order valence-corrected chi connectivity index (χ1v) is 12.1. The highest BCUT2D eigenvalue weighted by molar-refractivity contribution is 7.98. The molecule has 12 N–H and O–H groups in total. The summed E-state index contributed by atoms with van der Waals surface area (Å²) in [6.07, 6.45) is 1.60. The number of aliphatic imine (C=N–C) groups is 1. The highest BCUT2D eigenvalue weighted by atomic mass is 32.2. The van der Waals surface area contributed by atoms with Gasteiger partial charge in [0.1, 0.15) is 18.1 Å². The molecule has 0 radical (unpaired) electrons. The van der Waals surface area contributed by atoms with Crippen molar-refractivity contribution >= 4 is 47.4 Å². The number of carboxylic acid groups (broad SMARTS) is 2. The van der Waals surface area contributed by atoms with Crippen molar-refractivity contribution in [3.8, 4) is 0 Å². The van der Waals surface area contributed by atoms with Gasteiger partial charge in [-0.2, -0.15) is 11.8 Å². The number of nitrogens with zero attached hydrogens (tertiary/aromatic N) is 1. The first-order valence-electron chi connectivity index (χ1n) is 10.7. The van der Waals surface area contributed by atoms with Crippen LogP contribution in [0.2, 0.25) is 0 Å². The van der Waals surface area contributed by atoms with Crippen LogP contribution in [0, 0.1) is 0 Å². The molecular weight excluding hydrogens is 486 g/mol. The molecule has 200 valence electrons. The summed E-state index contributed by atoms with van der Waals surface area (Å²) in [6.45, 7) is -0.783. The van der Waals surface area contributed by atoms with Gasteiger partial charge in [0, 0.05) is 13.0 Å². The molecule has 0 saturated heterocycles. The van der Waals surface area contributed by atoms with Crippen LogP contribution in [-0.2, 0) is 24.0 Å². The summed E-state index contributed by atoms with van der Waals surface area (Å²) in [5.74, 6) is -4.73. The fourth-order valence-corrected chi connectivity index (χ4v) is 3.18. The molecule has 0 aromatic carbocycles. The van der Waals surface area contributed by atoms with Gasteiger partial charge in [-0.05, 0) is 37.7 Å². The molecule has 0 aromatic rings. The third kappa shape index (κ3) is 14.0. The number of carboxylic acids is 2. The second kappa shape index (κ2) is 17.3. The van der Waals surface area contributed by atoms with Gasteiger partial charge in [-0.15, -0.1) is 0 Å². The van der Waals surface area contributed by atoms with Crippen molar-refractivity contribution < 1.29 is 39.3 Å². The number of rotatable bonds is 18. The maximum Gasteiger partial charge on any atom is 0.328 e. The van der Waals surface area contributed by atoms with Gasteiger partial charge in [0.15, 0.2) is 5.96 Å². The lowest BCUT2D eigenvalue weighted by Gasteiger charge is -2.24. The third-order valence-corrected chi connectivity index (χ3v) is 5.27. The second-order valence-corrected chi connectivity index (χ2v) is 8.46. The Kier molecular flexibility index (Phi) is 15.8. The SMILES string of the molecule is CSCCC(N)C(=O)NC(CCC(=O)O)C(=O)NC(CCCN=C(N)N)C(=O)NC(CO)C(=O)O. The van der Waals surface area contributed by atoms with Crippen molar-refractivity contribution in [2.24, 2.45) is 22.2 Å². The average Bonchev–Trinajstić information content (AvgIpc) is 2.79. The van der Waals surface area contributed by atoms with E-state index >= 15 is 0 Å². The topological polar surface area (TPSA) is 273 Å². The maximum atomic E-state index is 12.9. The predicted octanol–water partition coefficient (Wildman–Crippen LogP) is -3.48.